The molecule has 0 spiro atoms. The van der Waals surface area contributed by atoms with Crippen molar-refractivity contribution in [1.29, 1.82) is 0 Å². The van der Waals surface area contributed by atoms with E-state index < -0.39 is 0 Å². The Morgan fingerprint density at radius 2 is 1.96 bits per heavy atom. The van der Waals surface area contributed by atoms with Gasteiger partial charge in [-0.1, -0.05) is 26.0 Å². The van der Waals surface area contributed by atoms with E-state index in [0.29, 0.717) is 0 Å². The average Bonchev–Trinajstić information content (AvgIpc) is 2.54. The van der Waals surface area contributed by atoms with Gasteiger partial charge < -0.3 is 14.8 Å². The molecule has 1 saturated heterocycles. The van der Waals surface area contributed by atoms with E-state index in [9.17, 15) is 0 Å². The predicted octanol–water partition coefficient (Wildman–Crippen LogP) is 4.65. The molecule has 24 heavy (non-hydrogen) atoms. The molecule has 1 aliphatic rings. The smallest absolute Gasteiger partial charge is 0.118 e. The molecule has 0 saturated carbocycles. The van der Waals surface area contributed by atoms with Crippen LogP contribution in [0, 0.1) is 17.8 Å². The first-order valence-corrected chi connectivity index (χ1v) is 9.39. The number of methoxy groups -OCH3 is 1. The highest BCUT2D eigenvalue weighted by Crippen LogP contribution is 2.37. The van der Waals surface area contributed by atoms with Crippen LogP contribution < -0.4 is 10.1 Å². The fourth-order valence-electron chi connectivity index (χ4n) is 4.00. The second-order valence-electron chi connectivity index (χ2n) is 8.08. The van der Waals surface area contributed by atoms with E-state index >= 15 is 0 Å². The molecule has 0 aliphatic carbocycles. The molecule has 2 unspecified atom stereocenters. The number of ether oxygens (including phenoxy) is 2. The fourth-order valence-corrected chi connectivity index (χ4v) is 4.00. The summed E-state index contributed by atoms with van der Waals surface area (Å²) in [5.41, 5.74) is 1.36. The maximum Gasteiger partial charge on any atom is 0.118 e. The second-order valence-corrected chi connectivity index (χ2v) is 8.08. The molecule has 2 atom stereocenters. The van der Waals surface area contributed by atoms with E-state index in [1.54, 1.807) is 7.11 Å². The predicted molar refractivity (Wildman–Crippen MR) is 100 cm³/mol. The summed E-state index contributed by atoms with van der Waals surface area (Å²) in [5.74, 6) is 3.21. The highest BCUT2D eigenvalue weighted by atomic mass is 16.5. The Morgan fingerprint density at radius 3 is 2.54 bits per heavy atom. The molecule has 1 aliphatic heterocycles. The third kappa shape index (κ3) is 5.78. The van der Waals surface area contributed by atoms with Crippen LogP contribution in [0.1, 0.15) is 52.5 Å². The standard InChI is InChI=1S/C21H35NO2/c1-16(2)20(18-11-13-24-21(3,4)14-18)10-12-22-15-17-6-8-19(23-5)9-7-17/h6-9,16,18,20,22H,10-15H2,1-5H3. The molecule has 3 nitrogen and oxygen atoms in total. The van der Waals surface area contributed by atoms with Gasteiger partial charge >= 0.3 is 0 Å². The summed E-state index contributed by atoms with van der Waals surface area (Å²) >= 11 is 0. The first-order valence-electron chi connectivity index (χ1n) is 9.39. The third-order valence-electron chi connectivity index (χ3n) is 5.34. The molecule has 0 bridgehead atoms. The molecule has 1 N–H and O–H groups in total. The quantitative estimate of drug-likeness (QED) is 0.702. The zero-order valence-corrected chi connectivity index (χ0v) is 16.1. The SMILES string of the molecule is COc1ccc(CNCCC(C(C)C)C2CCOC(C)(C)C2)cc1. The lowest BCUT2D eigenvalue weighted by Crippen LogP contribution is -2.38. The third-order valence-corrected chi connectivity index (χ3v) is 5.34. The van der Waals surface area contributed by atoms with Crippen molar-refractivity contribution in [2.75, 3.05) is 20.3 Å². The summed E-state index contributed by atoms with van der Waals surface area (Å²) in [4.78, 5) is 0. The number of rotatable bonds is 8. The van der Waals surface area contributed by atoms with Crippen LogP contribution in [0.2, 0.25) is 0 Å². The summed E-state index contributed by atoms with van der Waals surface area (Å²) in [5, 5.41) is 3.61. The minimum atomic E-state index is 0.0482. The zero-order chi connectivity index (χ0) is 17.6. The molecule has 0 amide bonds. The summed E-state index contributed by atoms with van der Waals surface area (Å²) < 4.78 is 11.1. The summed E-state index contributed by atoms with van der Waals surface area (Å²) in [6.07, 6.45) is 3.65. The Balaban J connectivity index is 1.79. The van der Waals surface area contributed by atoms with Gasteiger partial charge in [0.15, 0.2) is 0 Å². The van der Waals surface area contributed by atoms with E-state index in [4.69, 9.17) is 9.47 Å². The van der Waals surface area contributed by atoms with Crippen molar-refractivity contribution in [3.63, 3.8) is 0 Å². The average molecular weight is 334 g/mol. The molecule has 1 aromatic carbocycles. The van der Waals surface area contributed by atoms with Gasteiger partial charge in [0, 0.05) is 13.2 Å². The van der Waals surface area contributed by atoms with Crippen molar-refractivity contribution in [3.8, 4) is 5.75 Å². The van der Waals surface area contributed by atoms with Gasteiger partial charge in [-0.05, 0) is 75.1 Å². The van der Waals surface area contributed by atoms with Crippen LogP contribution in [-0.4, -0.2) is 25.9 Å². The van der Waals surface area contributed by atoms with Gasteiger partial charge in [-0.3, -0.25) is 0 Å². The van der Waals surface area contributed by atoms with Gasteiger partial charge in [0.2, 0.25) is 0 Å². The fraction of sp³-hybridized carbons (Fsp3) is 0.714. The van der Waals surface area contributed by atoms with Crippen LogP contribution in [0.15, 0.2) is 24.3 Å². The number of hydrogen-bond acceptors (Lipinski definition) is 3. The highest BCUT2D eigenvalue weighted by Gasteiger charge is 2.34. The number of benzene rings is 1. The summed E-state index contributed by atoms with van der Waals surface area (Å²) in [6, 6.07) is 8.32. The number of hydrogen-bond donors (Lipinski definition) is 1. The van der Waals surface area contributed by atoms with Crippen LogP contribution in [0.3, 0.4) is 0 Å². The lowest BCUT2D eigenvalue weighted by atomic mass is 9.73. The topological polar surface area (TPSA) is 30.5 Å². The van der Waals surface area contributed by atoms with E-state index in [1.165, 1.54) is 24.8 Å². The molecule has 1 aromatic rings. The van der Waals surface area contributed by atoms with Gasteiger partial charge in [0.25, 0.3) is 0 Å². The van der Waals surface area contributed by atoms with Crippen molar-refractivity contribution in [1.82, 2.24) is 5.32 Å². The normalized spacial score (nSPS) is 21.7. The minimum Gasteiger partial charge on any atom is -0.497 e. The van der Waals surface area contributed by atoms with Crippen molar-refractivity contribution < 1.29 is 9.47 Å². The first-order chi connectivity index (χ1) is 11.4. The highest BCUT2D eigenvalue weighted by molar-refractivity contribution is 5.26. The molecular formula is C21H35NO2. The van der Waals surface area contributed by atoms with Crippen LogP contribution in [0.4, 0.5) is 0 Å². The monoisotopic (exact) mass is 333 g/mol. The summed E-state index contributed by atoms with van der Waals surface area (Å²) in [6.45, 7) is 12.1. The number of nitrogens with one attached hydrogen (secondary N) is 1. The Kier molecular flexibility index (Phi) is 7.12. The Bertz CT molecular complexity index is 481. The van der Waals surface area contributed by atoms with Crippen LogP contribution in [0.5, 0.6) is 5.75 Å². The molecule has 0 radical (unpaired) electrons. The van der Waals surface area contributed by atoms with E-state index in [-0.39, 0.29) is 5.60 Å². The maximum absolute atomic E-state index is 5.90. The largest absolute Gasteiger partial charge is 0.497 e. The van der Waals surface area contributed by atoms with E-state index in [2.05, 4.69) is 45.1 Å². The minimum absolute atomic E-state index is 0.0482. The second kappa shape index (κ2) is 8.87. The van der Waals surface area contributed by atoms with Gasteiger partial charge in [-0.2, -0.15) is 0 Å². The van der Waals surface area contributed by atoms with Gasteiger partial charge in [0.05, 0.1) is 12.7 Å². The van der Waals surface area contributed by atoms with Crippen LogP contribution >= 0.6 is 0 Å². The molecule has 1 heterocycles. The van der Waals surface area contributed by atoms with E-state index in [1.807, 2.05) is 12.1 Å². The summed E-state index contributed by atoms with van der Waals surface area (Å²) in [7, 11) is 1.71. The molecule has 3 heteroatoms. The van der Waals surface area contributed by atoms with Crippen molar-refractivity contribution in [2.24, 2.45) is 17.8 Å². The van der Waals surface area contributed by atoms with Gasteiger partial charge in [-0.25, -0.2) is 0 Å². The lowest BCUT2D eigenvalue weighted by molar-refractivity contribution is -0.0867. The maximum atomic E-state index is 5.90. The molecule has 1 fully saturated rings. The Labute approximate surface area is 148 Å². The van der Waals surface area contributed by atoms with Crippen LogP contribution in [0.25, 0.3) is 0 Å². The Hall–Kier alpha value is -1.06. The van der Waals surface area contributed by atoms with Gasteiger partial charge in [-0.15, -0.1) is 0 Å². The molecule has 2 rings (SSSR count). The molecular weight excluding hydrogens is 298 g/mol. The molecule has 0 aromatic heterocycles. The Morgan fingerprint density at radius 1 is 1.25 bits per heavy atom. The zero-order valence-electron chi connectivity index (χ0n) is 16.1. The van der Waals surface area contributed by atoms with Crippen molar-refractivity contribution >= 4 is 0 Å². The van der Waals surface area contributed by atoms with Crippen molar-refractivity contribution in [2.45, 2.75) is 59.1 Å². The van der Waals surface area contributed by atoms with E-state index in [0.717, 1.165) is 43.2 Å². The molecule has 136 valence electrons. The first kappa shape index (κ1) is 19.3. The van der Waals surface area contributed by atoms with Crippen molar-refractivity contribution in [3.05, 3.63) is 29.8 Å². The van der Waals surface area contributed by atoms with Gasteiger partial charge in [0.1, 0.15) is 5.75 Å². The lowest BCUT2D eigenvalue weighted by Gasteiger charge is -2.40. The van der Waals surface area contributed by atoms with Crippen LogP contribution in [-0.2, 0) is 11.3 Å².